The Morgan fingerprint density at radius 3 is 2.47 bits per heavy atom. The number of ether oxygens (including phenoxy) is 2. The number of hydrogen-bond donors (Lipinski definition) is 1. The average molecular weight is 441 g/mol. The minimum Gasteiger partial charge on any atom is -0.493 e. The van der Waals surface area contributed by atoms with Crippen molar-refractivity contribution in [2.24, 2.45) is 0 Å². The number of nitro benzene ring substituents is 1. The lowest BCUT2D eigenvalue weighted by molar-refractivity contribution is -0.385. The number of nitro groups is 1. The van der Waals surface area contributed by atoms with Crippen molar-refractivity contribution in [2.75, 3.05) is 26.1 Å². The van der Waals surface area contributed by atoms with Gasteiger partial charge in [0.1, 0.15) is 5.56 Å². The maximum atomic E-state index is 12.5. The minimum absolute atomic E-state index is 0.0542. The highest BCUT2D eigenvalue weighted by Crippen LogP contribution is 2.31. The van der Waals surface area contributed by atoms with Crippen molar-refractivity contribution in [2.45, 2.75) is 25.7 Å². The van der Waals surface area contributed by atoms with Crippen molar-refractivity contribution in [3.05, 3.63) is 57.6 Å². The normalized spacial score (nSPS) is 12.5. The third-order valence-electron chi connectivity index (χ3n) is 5.13. The van der Waals surface area contributed by atoms with Crippen molar-refractivity contribution < 1.29 is 28.8 Å². The van der Waals surface area contributed by atoms with Crippen LogP contribution in [0, 0.1) is 10.1 Å². The third kappa shape index (κ3) is 4.69. The zero-order chi connectivity index (χ0) is 23.3. The number of benzene rings is 2. The SMILES string of the molecule is COc1ccc(NC(=O)CCCCCN2C(=O)c3cccc([N+](=O)[O-])c3C2=O)cc1OC. The van der Waals surface area contributed by atoms with E-state index < -0.39 is 16.7 Å². The van der Waals surface area contributed by atoms with Crippen LogP contribution in [-0.2, 0) is 4.79 Å². The van der Waals surface area contributed by atoms with Gasteiger partial charge >= 0.3 is 0 Å². The topological polar surface area (TPSA) is 128 Å². The first-order valence-corrected chi connectivity index (χ1v) is 10.0. The number of amides is 3. The standard InChI is InChI=1S/C22H23N3O7/c1-31-17-11-10-14(13-18(17)32-2)23-19(26)9-4-3-5-12-24-21(27)15-7-6-8-16(25(29)30)20(15)22(24)28/h6-8,10-11,13H,3-5,9,12H2,1-2H3,(H,23,26). The number of hydrogen-bond acceptors (Lipinski definition) is 7. The molecule has 0 unspecified atom stereocenters. The van der Waals surface area contributed by atoms with Crippen LogP contribution in [0.5, 0.6) is 11.5 Å². The van der Waals surface area contributed by atoms with E-state index in [9.17, 15) is 24.5 Å². The maximum Gasteiger partial charge on any atom is 0.282 e. The number of nitrogens with one attached hydrogen (secondary N) is 1. The van der Waals surface area contributed by atoms with E-state index in [4.69, 9.17) is 9.47 Å². The lowest BCUT2D eigenvalue weighted by atomic mass is 10.1. The van der Waals surface area contributed by atoms with Gasteiger partial charge in [-0.05, 0) is 31.0 Å². The molecule has 0 bridgehead atoms. The van der Waals surface area contributed by atoms with Gasteiger partial charge in [0, 0.05) is 30.8 Å². The Morgan fingerprint density at radius 2 is 1.78 bits per heavy atom. The fourth-order valence-electron chi connectivity index (χ4n) is 3.54. The molecule has 0 saturated carbocycles. The first kappa shape index (κ1) is 22.7. The second-order valence-electron chi connectivity index (χ2n) is 7.15. The molecule has 0 radical (unpaired) electrons. The van der Waals surface area contributed by atoms with Gasteiger partial charge in [-0.15, -0.1) is 0 Å². The molecule has 0 atom stereocenters. The molecular weight excluding hydrogens is 418 g/mol. The van der Waals surface area contributed by atoms with Crippen molar-refractivity contribution in [1.29, 1.82) is 0 Å². The molecule has 10 nitrogen and oxygen atoms in total. The quantitative estimate of drug-likeness (QED) is 0.259. The van der Waals surface area contributed by atoms with Gasteiger partial charge in [-0.25, -0.2) is 0 Å². The first-order valence-electron chi connectivity index (χ1n) is 10.0. The molecule has 0 aliphatic carbocycles. The van der Waals surface area contributed by atoms with Gasteiger partial charge < -0.3 is 14.8 Å². The number of nitrogens with zero attached hydrogens (tertiary/aromatic N) is 2. The molecule has 10 heteroatoms. The summed E-state index contributed by atoms with van der Waals surface area (Å²) in [6.45, 7) is 0.140. The van der Waals surface area contributed by atoms with Crippen LogP contribution in [0.4, 0.5) is 11.4 Å². The van der Waals surface area contributed by atoms with Crippen LogP contribution in [0.25, 0.3) is 0 Å². The first-order chi connectivity index (χ1) is 15.4. The fourth-order valence-corrected chi connectivity index (χ4v) is 3.54. The Balaban J connectivity index is 1.46. The van der Waals surface area contributed by atoms with Crippen molar-refractivity contribution in [1.82, 2.24) is 4.90 Å². The molecule has 1 aliphatic rings. The molecule has 0 spiro atoms. The van der Waals surface area contributed by atoms with Gasteiger partial charge in [-0.2, -0.15) is 0 Å². The number of imide groups is 1. The molecule has 3 rings (SSSR count). The van der Waals surface area contributed by atoms with Gasteiger partial charge in [0.25, 0.3) is 17.5 Å². The molecule has 1 N–H and O–H groups in total. The van der Waals surface area contributed by atoms with Crippen LogP contribution in [0.15, 0.2) is 36.4 Å². The minimum atomic E-state index is -0.662. The van der Waals surface area contributed by atoms with Crippen LogP contribution >= 0.6 is 0 Å². The molecule has 168 valence electrons. The van der Waals surface area contributed by atoms with Crippen molar-refractivity contribution in [3.8, 4) is 11.5 Å². The number of methoxy groups -OCH3 is 2. The highest BCUT2D eigenvalue weighted by Gasteiger charge is 2.40. The van der Waals surface area contributed by atoms with Crippen LogP contribution in [-0.4, -0.2) is 48.3 Å². The maximum absolute atomic E-state index is 12.5. The van der Waals surface area contributed by atoms with Gasteiger partial charge in [-0.3, -0.25) is 29.4 Å². The van der Waals surface area contributed by atoms with E-state index in [-0.39, 0.29) is 35.7 Å². The molecule has 0 fully saturated rings. The predicted octanol–water partition coefficient (Wildman–Crippen LogP) is 3.41. The van der Waals surface area contributed by atoms with Crippen molar-refractivity contribution in [3.63, 3.8) is 0 Å². The van der Waals surface area contributed by atoms with Crippen LogP contribution < -0.4 is 14.8 Å². The van der Waals surface area contributed by atoms with Crippen LogP contribution in [0.1, 0.15) is 46.4 Å². The van der Waals surface area contributed by atoms with Gasteiger partial charge in [-0.1, -0.05) is 12.5 Å². The van der Waals surface area contributed by atoms with Crippen LogP contribution in [0.2, 0.25) is 0 Å². The zero-order valence-corrected chi connectivity index (χ0v) is 17.8. The number of anilines is 1. The summed E-state index contributed by atoms with van der Waals surface area (Å²) >= 11 is 0. The lowest BCUT2D eigenvalue weighted by Gasteiger charge is -2.13. The molecule has 1 heterocycles. The molecule has 1 aliphatic heterocycles. The Bertz CT molecular complexity index is 1070. The lowest BCUT2D eigenvalue weighted by Crippen LogP contribution is -2.30. The fraction of sp³-hybridized carbons (Fsp3) is 0.318. The number of unbranched alkanes of at least 4 members (excludes halogenated alkanes) is 2. The van der Waals surface area contributed by atoms with E-state index in [2.05, 4.69) is 5.32 Å². The molecule has 2 aromatic carbocycles. The van der Waals surface area contributed by atoms with Gasteiger partial charge in [0.05, 0.1) is 24.7 Å². The molecule has 2 aromatic rings. The monoisotopic (exact) mass is 441 g/mol. The summed E-state index contributed by atoms with van der Waals surface area (Å²) in [5, 5.41) is 13.9. The summed E-state index contributed by atoms with van der Waals surface area (Å²) in [5.41, 5.74) is 0.116. The Labute approximate surface area is 184 Å². The Hall–Kier alpha value is -3.95. The number of fused-ring (bicyclic) bond motifs is 1. The summed E-state index contributed by atoms with van der Waals surface area (Å²) in [7, 11) is 3.04. The van der Waals surface area contributed by atoms with E-state index in [1.54, 1.807) is 18.2 Å². The number of carbonyl (C=O) groups excluding carboxylic acids is 3. The number of rotatable bonds is 10. The zero-order valence-electron chi connectivity index (χ0n) is 17.8. The second-order valence-corrected chi connectivity index (χ2v) is 7.15. The van der Waals surface area contributed by atoms with E-state index in [1.165, 1.54) is 32.4 Å². The average Bonchev–Trinajstić information content (AvgIpc) is 3.03. The third-order valence-corrected chi connectivity index (χ3v) is 5.13. The number of carbonyl (C=O) groups is 3. The summed E-state index contributed by atoms with van der Waals surface area (Å²) in [6.07, 6.45) is 1.92. The summed E-state index contributed by atoms with van der Waals surface area (Å²) in [6, 6.07) is 9.09. The van der Waals surface area contributed by atoms with Crippen molar-refractivity contribution >= 4 is 29.1 Å². The van der Waals surface area contributed by atoms with E-state index in [1.807, 2.05) is 0 Å². The Kier molecular flexibility index (Phi) is 7.04. The molecule has 3 amide bonds. The summed E-state index contributed by atoms with van der Waals surface area (Å²) < 4.78 is 10.4. The Morgan fingerprint density at radius 1 is 1.03 bits per heavy atom. The second kappa shape index (κ2) is 9.90. The van der Waals surface area contributed by atoms with E-state index in [0.29, 0.717) is 36.4 Å². The largest absolute Gasteiger partial charge is 0.493 e. The summed E-state index contributed by atoms with van der Waals surface area (Å²) in [4.78, 5) is 48.7. The summed E-state index contributed by atoms with van der Waals surface area (Å²) in [5.74, 6) is -0.285. The highest BCUT2D eigenvalue weighted by atomic mass is 16.6. The van der Waals surface area contributed by atoms with Gasteiger partial charge in [0.2, 0.25) is 5.91 Å². The van der Waals surface area contributed by atoms with E-state index in [0.717, 1.165) is 4.90 Å². The predicted molar refractivity (Wildman–Crippen MR) is 115 cm³/mol. The molecule has 0 aromatic heterocycles. The van der Waals surface area contributed by atoms with Gasteiger partial charge in [0.15, 0.2) is 11.5 Å². The van der Waals surface area contributed by atoms with Crippen LogP contribution in [0.3, 0.4) is 0 Å². The molecule has 0 saturated heterocycles. The highest BCUT2D eigenvalue weighted by molar-refractivity contribution is 6.23. The van der Waals surface area contributed by atoms with E-state index >= 15 is 0 Å². The smallest absolute Gasteiger partial charge is 0.282 e. The molecule has 32 heavy (non-hydrogen) atoms. The molecular formula is C22H23N3O7.